The van der Waals surface area contributed by atoms with Crippen molar-refractivity contribution in [1.82, 2.24) is 10.3 Å². The first-order valence-electron chi connectivity index (χ1n) is 12.4. The number of hydrogen-bond donors (Lipinski definition) is 2. The minimum Gasteiger partial charge on any atom is -0.454 e. The van der Waals surface area contributed by atoms with Crippen LogP contribution < -0.4 is 25.2 Å². The Morgan fingerprint density at radius 3 is 2.76 bits per heavy atom. The van der Waals surface area contributed by atoms with Crippen LogP contribution in [0.2, 0.25) is 5.02 Å². The molecule has 188 valence electrons. The van der Waals surface area contributed by atoms with Crippen LogP contribution in [0.1, 0.15) is 18.4 Å². The summed E-state index contributed by atoms with van der Waals surface area (Å²) in [6.45, 7) is 1.77. The number of fused-ring (bicyclic) bond motifs is 2. The van der Waals surface area contributed by atoms with Crippen LogP contribution in [0.3, 0.4) is 0 Å². The van der Waals surface area contributed by atoms with Crippen LogP contribution in [-0.4, -0.2) is 30.8 Å². The number of carbonyl (C=O) groups is 1. The van der Waals surface area contributed by atoms with Crippen LogP contribution >= 0.6 is 11.6 Å². The van der Waals surface area contributed by atoms with E-state index in [0.717, 1.165) is 40.4 Å². The smallest absolute Gasteiger partial charge is 0.272 e. The van der Waals surface area contributed by atoms with Gasteiger partial charge in [-0.3, -0.25) is 9.59 Å². The Bertz CT molecular complexity index is 1540. The molecular formula is C29H26ClN3O4. The average molecular weight is 516 g/mol. The van der Waals surface area contributed by atoms with Crippen LogP contribution in [0.5, 0.6) is 11.5 Å². The van der Waals surface area contributed by atoms with Crippen LogP contribution in [0, 0.1) is 5.92 Å². The fraction of sp³-hybridized carbons (Fsp3) is 0.241. The summed E-state index contributed by atoms with van der Waals surface area (Å²) >= 11 is 6.36. The Labute approximate surface area is 219 Å². The average Bonchev–Trinajstić information content (AvgIpc) is 3.40. The van der Waals surface area contributed by atoms with Crippen molar-refractivity contribution >= 4 is 34.1 Å². The van der Waals surface area contributed by atoms with Gasteiger partial charge in [0.2, 0.25) is 12.7 Å². The van der Waals surface area contributed by atoms with E-state index in [4.69, 9.17) is 21.1 Å². The molecule has 3 aromatic carbocycles. The Morgan fingerprint density at radius 2 is 1.89 bits per heavy atom. The highest BCUT2D eigenvalue weighted by Gasteiger charge is 2.29. The van der Waals surface area contributed by atoms with E-state index in [-0.39, 0.29) is 24.2 Å². The quantitative estimate of drug-likeness (QED) is 0.386. The number of rotatable bonds is 5. The van der Waals surface area contributed by atoms with Crippen molar-refractivity contribution in [2.75, 3.05) is 24.8 Å². The van der Waals surface area contributed by atoms with E-state index in [1.807, 2.05) is 60.7 Å². The normalized spacial score (nSPS) is 16.7. The molecule has 0 spiro atoms. The van der Waals surface area contributed by atoms with Crippen molar-refractivity contribution in [2.24, 2.45) is 5.92 Å². The van der Waals surface area contributed by atoms with Crippen LogP contribution in [-0.2, 0) is 11.3 Å². The molecule has 8 heteroatoms. The maximum atomic E-state index is 13.4. The zero-order valence-electron chi connectivity index (χ0n) is 20.1. The van der Waals surface area contributed by atoms with E-state index in [2.05, 4.69) is 15.2 Å². The molecule has 1 atom stereocenters. The number of halogens is 1. The highest BCUT2D eigenvalue weighted by Crippen LogP contribution is 2.37. The zero-order valence-corrected chi connectivity index (χ0v) is 20.9. The standard InChI is InChI=1S/C29H26ClN3O4/c30-21-9-10-23-22(14-21)26(19-5-2-1-3-6-19)27(29(35)32-23)33-12-4-7-20(16-33)28(34)31-15-18-8-11-24-25(13-18)37-17-36-24/h1-3,5-6,8-11,13-14,20H,4,7,12,15-17H2,(H,31,34)(H,32,35)/t20-/m1/s1. The van der Waals surface area contributed by atoms with Crippen LogP contribution in [0.25, 0.3) is 22.0 Å². The number of nitrogens with zero attached hydrogens (tertiary/aromatic N) is 1. The van der Waals surface area contributed by atoms with E-state index < -0.39 is 0 Å². The summed E-state index contributed by atoms with van der Waals surface area (Å²) in [4.78, 5) is 31.7. The van der Waals surface area contributed by atoms with Crippen molar-refractivity contribution < 1.29 is 14.3 Å². The lowest BCUT2D eigenvalue weighted by Gasteiger charge is -2.34. The minimum absolute atomic E-state index is 0.0242. The Balaban J connectivity index is 1.28. The molecule has 2 N–H and O–H groups in total. The van der Waals surface area contributed by atoms with Gasteiger partial charge in [-0.15, -0.1) is 0 Å². The second-order valence-electron chi connectivity index (χ2n) is 9.42. The number of nitrogens with one attached hydrogen (secondary N) is 2. The van der Waals surface area contributed by atoms with Gasteiger partial charge in [-0.05, 0) is 54.3 Å². The molecule has 0 saturated carbocycles. The summed E-state index contributed by atoms with van der Waals surface area (Å²) in [6, 6.07) is 21.0. The number of amides is 1. The van der Waals surface area contributed by atoms with Gasteiger partial charge in [-0.25, -0.2) is 0 Å². The molecule has 0 aliphatic carbocycles. The second kappa shape index (κ2) is 9.82. The molecule has 7 nitrogen and oxygen atoms in total. The van der Waals surface area contributed by atoms with Gasteiger partial charge >= 0.3 is 0 Å². The third kappa shape index (κ3) is 4.62. The number of anilines is 1. The van der Waals surface area contributed by atoms with Crippen molar-refractivity contribution in [3.8, 4) is 22.6 Å². The lowest BCUT2D eigenvalue weighted by molar-refractivity contribution is -0.125. The number of ether oxygens (including phenoxy) is 2. The summed E-state index contributed by atoms with van der Waals surface area (Å²) in [7, 11) is 0. The molecule has 37 heavy (non-hydrogen) atoms. The van der Waals surface area contributed by atoms with Gasteiger partial charge in [0.15, 0.2) is 11.5 Å². The topological polar surface area (TPSA) is 83.7 Å². The molecule has 0 bridgehead atoms. The highest BCUT2D eigenvalue weighted by atomic mass is 35.5. The third-order valence-corrected chi connectivity index (χ3v) is 7.26. The van der Waals surface area contributed by atoms with Gasteiger partial charge in [0.25, 0.3) is 5.56 Å². The van der Waals surface area contributed by atoms with Crippen LogP contribution in [0.4, 0.5) is 5.69 Å². The molecule has 1 saturated heterocycles. The second-order valence-corrected chi connectivity index (χ2v) is 9.86. The predicted molar refractivity (Wildman–Crippen MR) is 144 cm³/mol. The minimum atomic E-state index is -0.235. The Morgan fingerprint density at radius 1 is 1.05 bits per heavy atom. The molecule has 1 fully saturated rings. The number of aromatic nitrogens is 1. The Kier molecular flexibility index (Phi) is 6.22. The number of hydrogen-bond acceptors (Lipinski definition) is 5. The van der Waals surface area contributed by atoms with E-state index in [9.17, 15) is 9.59 Å². The molecule has 6 rings (SSSR count). The van der Waals surface area contributed by atoms with Gasteiger partial charge in [0.05, 0.1) is 5.92 Å². The summed E-state index contributed by atoms with van der Waals surface area (Å²) in [5.41, 5.74) is 3.85. The van der Waals surface area contributed by atoms with Crippen molar-refractivity contribution in [3.05, 3.63) is 87.7 Å². The first-order chi connectivity index (χ1) is 18.1. The molecule has 2 aliphatic rings. The predicted octanol–water partition coefficient (Wildman–Crippen LogP) is 5.11. The van der Waals surface area contributed by atoms with Gasteiger partial charge in [0.1, 0.15) is 5.69 Å². The van der Waals surface area contributed by atoms with Crippen LogP contribution in [0.15, 0.2) is 71.5 Å². The number of pyridine rings is 1. The molecule has 0 radical (unpaired) electrons. The molecule has 4 aromatic rings. The lowest BCUT2D eigenvalue weighted by atomic mass is 9.94. The lowest BCUT2D eigenvalue weighted by Crippen LogP contribution is -2.44. The van der Waals surface area contributed by atoms with E-state index in [0.29, 0.717) is 41.8 Å². The van der Waals surface area contributed by atoms with E-state index in [1.54, 1.807) is 6.07 Å². The summed E-state index contributed by atoms with van der Waals surface area (Å²) in [5, 5.41) is 4.54. The van der Waals surface area contributed by atoms with Gasteiger partial charge in [0, 0.05) is 41.1 Å². The largest absolute Gasteiger partial charge is 0.454 e. The molecule has 1 amide bonds. The van der Waals surface area contributed by atoms with Crippen molar-refractivity contribution in [1.29, 1.82) is 0 Å². The maximum Gasteiger partial charge on any atom is 0.272 e. The van der Waals surface area contributed by atoms with Gasteiger partial charge in [-0.1, -0.05) is 48.0 Å². The third-order valence-electron chi connectivity index (χ3n) is 7.03. The van der Waals surface area contributed by atoms with Gasteiger partial charge in [-0.2, -0.15) is 0 Å². The van der Waals surface area contributed by atoms with Gasteiger partial charge < -0.3 is 24.7 Å². The van der Waals surface area contributed by atoms with E-state index >= 15 is 0 Å². The SMILES string of the molecule is O=C(NCc1ccc2c(c1)OCO2)[C@@H]1CCCN(c2c(-c3ccccc3)c3cc(Cl)ccc3[nH]c2=O)C1. The van der Waals surface area contributed by atoms with Crippen molar-refractivity contribution in [3.63, 3.8) is 0 Å². The number of benzene rings is 3. The number of aromatic amines is 1. The molecule has 1 aromatic heterocycles. The molecule has 0 unspecified atom stereocenters. The first-order valence-corrected chi connectivity index (χ1v) is 12.8. The zero-order chi connectivity index (χ0) is 25.4. The number of piperidine rings is 1. The molecule has 2 aliphatic heterocycles. The highest BCUT2D eigenvalue weighted by molar-refractivity contribution is 6.31. The first kappa shape index (κ1) is 23.4. The fourth-order valence-corrected chi connectivity index (χ4v) is 5.40. The van der Waals surface area contributed by atoms with E-state index in [1.165, 1.54) is 0 Å². The number of H-pyrrole nitrogens is 1. The maximum absolute atomic E-state index is 13.4. The number of carbonyl (C=O) groups excluding carboxylic acids is 1. The monoisotopic (exact) mass is 515 g/mol. The fourth-order valence-electron chi connectivity index (χ4n) is 5.23. The molecule has 3 heterocycles. The molecular weight excluding hydrogens is 490 g/mol. The van der Waals surface area contributed by atoms with Crippen molar-refractivity contribution in [2.45, 2.75) is 19.4 Å². The summed E-state index contributed by atoms with van der Waals surface area (Å²) in [5.74, 6) is 1.15. The summed E-state index contributed by atoms with van der Waals surface area (Å²) < 4.78 is 10.8. The Hall–Kier alpha value is -3.97. The summed E-state index contributed by atoms with van der Waals surface area (Å²) in [6.07, 6.45) is 1.57.